The van der Waals surface area contributed by atoms with Gasteiger partial charge in [0, 0.05) is 36.3 Å². The largest absolute Gasteiger partial charge is 0.342 e. The van der Waals surface area contributed by atoms with E-state index in [1.165, 1.54) is 4.88 Å². The van der Waals surface area contributed by atoms with Gasteiger partial charge < -0.3 is 10.6 Å². The van der Waals surface area contributed by atoms with Crippen molar-refractivity contribution >= 4 is 17.2 Å². The highest BCUT2D eigenvalue weighted by Gasteiger charge is 2.29. The van der Waals surface area contributed by atoms with Crippen LogP contribution in [0.15, 0.2) is 17.5 Å². The fraction of sp³-hybridized carbons (Fsp3) is 0.667. The highest BCUT2D eigenvalue weighted by molar-refractivity contribution is 7.09. The van der Waals surface area contributed by atoms with Crippen molar-refractivity contribution in [1.82, 2.24) is 4.90 Å². The van der Waals surface area contributed by atoms with Crippen LogP contribution in [0.1, 0.15) is 37.5 Å². The molecule has 1 fully saturated rings. The minimum atomic E-state index is 0.138. The molecule has 2 rings (SSSR count). The smallest absolute Gasteiger partial charge is 0.225 e. The average molecular weight is 280 g/mol. The third-order valence-corrected chi connectivity index (χ3v) is 5.05. The third kappa shape index (κ3) is 3.80. The van der Waals surface area contributed by atoms with E-state index in [9.17, 15) is 4.79 Å². The van der Waals surface area contributed by atoms with Gasteiger partial charge in [-0.3, -0.25) is 4.79 Å². The summed E-state index contributed by atoms with van der Waals surface area (Å²) < 4.78 is 0. The molecule has 106 valence electrons. The normalized spacial score (nSPS) is 25.0. The summed E-state index contributed by atoms with van der Waals surface area (Å²) in [5.41, 5.74) is 5.98. The fourth-order valence-corrected chi connectivity index (χ4v) is 3.64. The second-order valence-electron chi connectivity index (χ2n) is 5.71. The first-order valence-corrected chi connectivity index (χ1v) is 8.00. The van der Waals surface area contributed by atoms with Gasteiger partial charge in [-0.1, -0.05) is 12.5 Å². The lowest BCUT2D eigenvalue weighted by Crippen LogP contribution is -2.43. The first-order chi connectivity index (χ1) is 9.08. The van der Waals surface area contributed by atoms with Gasteiger partial charge >= 0.3 is 0 Å². The molecule has 0 aromatic carbocycles. The van der Waals surface area contributed by atoms with Crippen LogP contribution in [0.5, 0.6) is 0 Å². The summed E-state index contributed by atoms with van der Waals surface area (Å²) in [6.45, 7) is 2.13. The molecular weight excluding hydrogens is 256 g/mol. The Hall–Kier alpha value is -0.870. The molecule has 1 aromatic rings. The molecule has 1 amide bonds. The zero-order valence-corrected chi connectivity index (χ0v) is 12.7. The van der Waals surface area contributed by atoms with E-state index >= 15 is 0 Å². The number of carbonyl (C=O) groups is 1. The number of amides is 1. The van der Waals surface area contributed by atoms with Crippen molar-refractivity contribution in [3.05, 3.63) is 22.4 Å². The lowest BCUT2D eigenvalue weighted by atomic mass is 9.85. The maximum atomic E-state index is 12.5. The van der Waals surface area contributed by atoms with Gasteiger partial charge in [0.05, 0.1) is 0 Å². The fourth-order valence-electron chi connectivity index (χ4n) is 2.81. The van der Waals surface area contributed by atoms with Crippen molar-refractivity contribution in [3.63, 3.8) is 0 Å². The van der Waals surface area contributed by atoms with E-state index in [2.05, 4.69) is 24.4 Å². The standard InChI is InChI=1S/C15H24N2OS/c1-11(9-14-7-4-8-19-14)17(2)15(18)12-5-3-6-13(16)10-12/h4,7-8,11-13H,3,5-6,9-10,16H2,1-2H3. The molecule has 0 spiro atoms. The van der Waals surface area contributed by atoms with Crippen LogP contribution >= 0.6 is 11.3 Å². The predicted octanol–water partition coefficient (Wildman–Crippen LogP) is 2.66. The predicted molar refractivity (Wildman–Crippen MR) is 80.2 cm³/mol. The van der Waals surface area contributed by atoms with Crippen molar-refractivity contribution in [3.8, 4) is 0 Å². The molecule has 0 bridgehead atoms. The molecule has 0 saturated heterocycles. The molecule has 0 radical (unpaired) electrons. The first-order valence-electron chi connectivity index (χ1n) is 7.12. The second kappa shape index (κ2) is 6.53. The lowest BCUT2D eigenvalue weighted by Gasteiger charge is -2.32. The molecule has 3 nitrogen and oxygen atoms in total. The molecule has 2 N–H and O–H groups in total. The highest BCUT2D eigenvalue weighted by atomic mass is 32.1. The maximum Gasteiger partial charge on any atom is 0.225 e. The number of hydrogen-bond donors (Lipinski definition) is 1. The minimum Gasteiger partial charge on any atom is -0.342 e. The van der Waals surface area contributed by atoms with Crippen LogP contribution in [0, 0.1) is 5.92 Å². The topological polar surface area (TPSA) is 46.3 Å². The van der Waals surface area contributed by atoms with Crippen molar-refractivity contribution in [1.29, 1.82) is 0 Å². The van der Waals surface area contributed by atoms with E-state index in [-0.39, 0.29) is 23.9 Å². The highest BCUT2D eigenvalue weighted by Crippen LogP contribution is 2.25. The average Bonchev–Trinajstić information content (AvgIpc) is 2.89. The van der Waals surface area contributed by atoms with Crippen molar-refractivity contribution in [2.24, 2.45) is 11.7 Å². The van der Waals surface area contributed by atoms with E-state index < -0.39 is 0 Å². The molecule has 0 aliphatic heterocycles. The molecule has 1 saturated carbocycles. The van der Waals surface area contributed by atoms with Gasteiger partial charge in [0.15, 0.2) is 0 Å². The molecule has 1 aliphatic rings. The first kappa shape index (κ1) is 14.5. The maximum absolute atomic E-state index is 12.5. The van der Waals surface area contributed by atoms with Gasteiger partial charge in [-0.2, -0.15) is 0 Å². The number of nitrogens with zero attached hydrogens (tertiary/aromatic N) is 1. The zero-order valence-electron chi connectivity index (χ0n) is 11.8. The molecule has 1 heterocycles. The van der Waals surface area contributed by atoms with Gasteiger partial charge in [0.2, 0.25) is 5.91 Å². The Morgan fingerprint density at radius 3 is 3.00 bits per heavy atom. The summed E-state index contributed by atoms with van der Waals surface area (Å²) in [5.74, 6) is 0.416. The SMILES string of the molecule is CC(Cc1cccs1)N(C)C(=O)C1CCCC(N)C1. The molecule has 1 aliphatic carbocycles. The minimum absolute atomic E-state index is 0.138. The van der Waals surface area contributed by atoms with Gasteiger partial charge in [0.1, 0.15) is 0 Å². The number of hydrogen-bond acceptors (Lipinski definition) is 3. The van der Waals surface area contributed by atoms with Crippen molar-refractivity contribution in [2.75, 3.05) is 7.05 Å². The molecule has 19 heavy (non-hydrogen) atoms. The number of likely N-dealkylation sites (N-methyl/N-ethyl adjacent to an activating group) is 1. The Labute approximate surface area is 119 Å². The van der Waals surface area contributed by atoms with Crippen molar-refractivity contribution in [2.45, 2.75) is 51.1 Å². The number of rotatable bonds is 4. The van der Waals surface area contributed by atoms with Crippen LogP contribution in [0.3, 0.4) is 0 Å². The Morgan fingerprint density at radius 2 is 2.37 bits per heavy atom. The summed E-state index contributed by atoms with van der Waals surface area (Å²) in [4.78, 5) is 15.7. The third-order valence-electron chi connectivity index (χ3n) is 4.15. The van der Waals surface area contributed by atoms with Gasteiger partial charge in [-0.15, -0.1) is 11.3 Å². The van der Waals surface area contributed by atoms with E-state index in [4.69, 9.17) is 5.73 Å². The number of thiophene rings is 1. The van der Waals surface area contributed by atoms with Crippen molar-refractivity contribution < 1.29 is 4.79 Å². The number of nitrogens with two attached hydrogens (primary N) is 1. The van der Waals surface area contributed by atoms with Crippen LogP contribution in [0.4, 0.5) is 0 Å². The molecular formula is C15H24N2OS. The van der Waals surface area contributed by atoms with Gasteiger partial charge in [-0.05, 0) is 37.6 Å². The van der Waals surface area contributed by atoms with Crippen LogP contribution in [-0.2, 0) is 11.2 Å². The Morgan fingerprint density at radius 1 is 1.58 bits per heavy atom. The van der Waals surface area contributed by atoms with E-state index in [0.29, 0.717) is 0 Å². The van der Waals surface area contributed by atoms with Crippen LogP contribution in [0.2, 0.25) is 0 Å². The Kier molecular flexibility index (Phi) is 4.99. The molecule has 3 unspecified atom stereocenters. The van der Waals surface area contributed by atoms with Crippen LogP contribution < -0.4 is 5.73 Å². The summed E-state index contributed by atoms with van der Waals surface area (Å²) in [7, 11) is 1.93. The summed E-state index contributed by atoms with van der Waals surface area (Å²) in [6, 6.07) is 4.66. The number of carbonyl (C=O) groups excluding carboxylic acids is 1. The Bertz CT molecular complexity index is 404. The lowest BCUT2D eigenvalue weighted by molar-refractivity contribution is -0.137. The Balaban J connectivity index is 1.90. The van der Waals surface area contributed by atoms with Gasteiger partial charge in [0.25, 0.3) is 0 Å². The quantitative estimate of drug-likeness (QED) is 0.921. The summed E-state index contributed by atoms with van der Waals surface area (Å²) >= 11 is 1.76. The monoisotopic (exact) mass is 280 g/mol. The van der Waals surface area contributed by atoms with E-state index in [0.717, 1.165) is 32.1 Å². The molecule has 4 heteroatoms. The van der Waals surface area contributed by atoms with E-state index in [1.807, 2.05) is 11.9 Å². The summed E-state index contributed by atoms with van der Waals surface area (Å²) in [5, 5.41) is 2.09. The van der Waals surface area contributed by atoms with E-state index in [1.54, 1.807) is 11.3 Å². The zero-order chi connectivity index (χ0) is 13.8. The second-order valence-corrected chi connectivity index (χ2v) is 6.74. The molecule has 1 aromatic heterocycles. The van der Waals surface area contributed by atoms with Gasteiger partial charge in [-0.25, -0.2) is 0 Å². The molecule has 3 atom stereocenters. The van der Waals surface area contributed by atoms with Crippen LogP contribution in [0.25, 0.3) is 0 Å². The summed E-state index contributed by atoms with van der Waals surface area (Å²) in [6.07, 6.45) is 4.96. The van der Waals surface area contributed by atoms with Crippen LogP contribution in [-0.4, -0.2) is 29.9 Å².